The fraction of sp³-hybridized carbons (Fsp3) is 1.00. The van der Waals surface area contributed by atoms with Gasteiger partial charge in [-0.2, -0.15) is 0 Å². The predicted octanol–water partition coefficient (Wildman–Crippen LogP) is 4.81. The van der Waals surface area contributed by atoms with Crippen molar-refractivity contribution in [2.75, 3.05) is 19.8 Å². The first-order chi connectivity index (χ1) is 12.0. The number of rotatable bonds is 11. The van der Waals surface area contributed by atoms with Gasteiger partial charge in [0.05, 0.1) is 0 Å². The van der Waals surface area contributed by atoms with Crippen molar-refractivity contribution in [1.82, 2.24) is 0 Å². The van der Waals surface area contributed by atoms with Crippen molar-refractivity contribution in [3.05, 3.63) is 0 Å². The second-order valence-electron chi connectivity index (χ2n) is 9.04. The summed E-state index contributed by atoms with van der Waals surface area (Å²) in [5.41, 5.74) is -1.70. The van der Waals surface area contributed by atoms with E-state index in [2.05, 4.69) is 0 Å². The third kappa shape index (κ3) is 12.1. The van der Waals surface area contributed by atoms with Gasteiger partial charge in [-0.05, 0) is 0 Å². The van der Waals surface area contributed by atoms with Crippen molar-refractivity contribution in [3.63, 3.8) is 0 Å². The molecule has 0 spiro atoms. The van der Waals surface area contributed by atoms with E-state index >= 15 is 0 Å². The molecule has 0 unspecified atom stereocenters. The molecule has 0 saturated heterocycles. The average Bonchev–Trinajstić information content (AvgIpc) is 2.31. The molecule has 0 radical (unpaired) electrons. The zero-order valence-corrected chi connectivity index (χ0v) is 22.0. The molecule has 9 heteroatoms. The van der Waals surface area contributed by atoms with Crippen LogP contribution in [0, 0.1) is 0 Å². The van der Waals surface area contributed by atoms with E-state index in [0.29, 0.717) is 19.8 Å². The van der Waals surface area contributed by atoms with Crippen LogP contribution in [0.3, 0.4) is 0 Å². The quantitative estimate of drug-likeness (QED) is 0.422. The zero-order chi connectivity index (χ0) is 21.6. The van der Waals surface area contributed by atoms with E-state index in [4.69, 9.17) is 26.2 Å². The maximum atomic E-state index is 6.47. The Hall–Kier alpha value is 0.651. The van der Waals surface area contributed by atoms with E-state index in [1.165, 1.54) is 0 Å². The van der Waals surface area contributed by atoms with Gasteiger partial charge in [-0.3, -0.25) is 0 Å². The molecule has 0 aliphatic rings. The molecule has 0 aliphatic heterocycles. The molecule has 0 aromatic carbocycles. The Morgan fingerprint density at radius 3 is 1.00 bits per heavy atom. The van der Waals surface area contributed by atoms with Gasteiger partial charge in [0, 0.05) is 0 Å². The van der Waals surface area contributed by atoms with Crippen LogP contribution < -0.4 is 0 Å². The molecule has 0 N–H and O–H groups in total. The van der Waals surface area contributed by atoms with Gasteiger partial charge in [0.2, 0.25) is 0 Å². The minimum absolute atomic E-state index is 0.394. The molecule has 0 bridgehead atoms. The van der Waals surface area contributed by atoms with Gasteiger partial charge in [0.1, 0.15) is 0 Å². The summed E-state index contributed by atoms with van der Waals surface area (Å²) in [5.74, 6) is 0. The van der Waals surface area contributed by atoms with Crippen molar-refractivity contribution in [2.45, 2.75) is 99.9 Å². The first-order valence-corrected chi connectivity index (χ1v) is 13.9. The molecular weight excluding hydrogens is 404 g/mol. The Balaban J connectivity index is 6.27. The number of hydrogen-bond donors (Lipinski definition) is 0. The molecule has 0 amide bonds. The van der Waals surface area contributed by atoms with E-state index in [-0.39, 0.29) is 0 Å². The van der Waals surface area contributed by atoms with Crippen LogP contribution in [-0.4, -0.2) is 45.7 Å². The topological polar surface area (TPSA) is 64.6 Å². The predicted molar refractivity (Wildman–Crippen MR) is 104 cm³/mol. The van der Waals surface area contributed by atoms with Crippen LogP contribution >= 0.6 is 0 Å². The summed E-state index contributed by atoms with van der Waals surface area (Å²) in [5, 5.41) is 0. The van der Waals surface area contributed by atoms with Crippen LogP contribution in [0.15, 0.2) is 0 Å². The van der Waals surface area contributed by atoms with Crippen molar-refractivity contribution in [3.8, 4) is 0 Å². The Kier molecular flexibility index (Phi) is 10.9. The van der Waals surface area contributed by atoms with Crippen molar-refractivity contribution in [1.29, 1.82) is 0 Å². The fourth-order valence-electron chi connectivity index (χ4n) is 2.15. The van der Waals surface area contributed by atoms with Crippen LogP contribution in [0.2, 0.25) is 0 Å². The van der Waals surface area contributed by atoms with Gasteiger partial charge in [-0.1, -0.05) is 0 Å². The summed E-state index contributed by atoms with van der Waals surface area (Å²) in [6.07, 6.45) is 0. The van der Waals surface area contributed by atoms with Gasteiger partial charge >= 0.3 is 173 Å². The third-order valence-electron chi connectivity index (χ3n) is 2.51. The van der Waals surface area contributed by atoms with Gasteiger partial charge in [-0.15, -0.1) is 0 Å². The molecule has 0 rings (SSSR count). The van der Waals surface area contributed by atoms with E-state index in [0.717, 1.165) is 0 Å². The second-order valence-corrected chi connectivity index (χ2v) is 14.7. The van der Waals surface area contributed by atoms with E-state index in [1.807, 2.05) is 83.1 Å². The minimum atomic E-state index is -4.16. The summed E-state index contributed by atoms with van der Waals surface area (Å²) >= 11 is -4.16. The molecule has 0 aromatic rings. The van der Waals surface area contributed by atoms with Crippen LogP contribution in [0.4, 0.5) is 0 Å². The SMILES string of the molecule is CC[O][Ti]([O]CC)([O]CC)[O][Si](OC(C)(C)C)(OC(C)(C)C)OC(C)(C)C. The first kappa shape index (κ1) is 27.7. The summed E-state index contributed by atoms with van der Waals surface area (Å²) in [6, 6.07) is 0. The summed E-state index contributed by atoms with van der Waals surface area (Å²) in [6.45, 7) is 24.3. The molecule has 0 aliphatic carbocycles. The van der Waals surface area contributed by atoms with Gasteiger partial charge in [0.15, 0.2) is 0 Å². The Labute approximate surface area is 173 Å². The maximum absolute atomic E-state index is 6.47. The molecule has 0 atom stereocenters. The molecule has 164 valence electrons. The van der Waals surface area contributed by atoms with Gasteiger partial charge < -0.3 is 0 Å². The molecule has 0 fully saturated rings. The van der Waals surface area contributed by atoms with Crippen molar-refractivity contribution < 1.29 is 44.4 Å². The van der Waals surface area contributed by atoms with E-state index < -0.39 is 44.0 Å². The van der Waals surface area contributed by atoms with E-state index in [1.54, 1.807) is 0 Å². The Bertz CT molecular complexity index is 369. The molecule has 0 aromatic heterocycles. The monoisotopic (exact) mass is 446 g/mol. The summed E-state index contributed by atoms with van der Waals surface area (Å²) in [7, 11) is -3.74. The summed E-state index contributed by atoms with van der Waals surface area (Å²) in [4.78, 5) is 0. The van der Waals surface area contributed by atoms with Gasteiger partial charge in [0.25, 0.3) is 0 Å². The fourth-order valence-corrected chi connectivity index (χ4v) is 10.0. The second kappa shape index (κ2) is 10.6. The van der Waals surface area contributed by atoms with E-state index in [9.17, 15) is 0 Å². The first-order valence-electron chi connectivity index (χ1n) is 9.73. The summed E-state index contributed by atoms with van der Waals surface area (Å²) < 4.78 is 43.3. The Morgan fingerprint density at radius 2 is 0.815 bits per heavy atom. The van der Waals surface area contributed by atoms with Crippen LogP contribution in [0.5, 0.6) is 0 Å². The average molecular weight is 446 g/mol. The third-order valence-corrected chi connectivity index (χ3v) is 10.9. The molecule has 7 nitrogen and oxygen atoms in total. The van der Waals surface area contributed by atoms with Crippen molar-refractivity contribution in [2.24, 2.45) is 0 Å². The zero-order valence-electron chi connectivity index (χ0n) is 19.5. The molecule has 27 heavy (non-hydrogen) atoms. The Morgan fingerprint density at radius 1 is 0.556 bits per heavy atom. The number of hydrogen-bond acceptors (Lipinski definition) is 7. The van der Waals surface area contributed by atoms with Crippen molar-refractivity contribution >= 4 is 9.05 Å². The van der Waals surface area contributed by atoms with Gasteiger partial charge in [-0.25, -0.2) is 0 Å². The van der Waals surface area contributed by atoms with Crippen LogP contribution in [-0.2, 0) is 44.4 Å². The molecule has 0 heterocycles. The molecular formula is C18H42O7SiTi. The standard InChI is InChI=1S/C12H27O4Si.3C2H5O.Ti/c1-10(2,3)14-17(13,15-11(4,5)6)16-12(7,8)9;3*1-2-3;/h1-9H3;3*2H2,1H3;/q4*-1;+4. The van der Waals surface area contributed by atoms with Crippen LogP contribution in [0.25, 0.3) is 0 Å². The van der Waals surface area contributed by atoms with Crippen LogP contribution in [0.1, 0.15) is 83.1 Å². The molecule has 0 saturated carbocycles. The normalized spacial score (nSPS) is 14.7.